The highest BCUT2D eigenvalue weighted by Crippen LogP contribution is 2.26. The van der Waals surface area contributed by atoms with Crippen molar-refractivity contribution >= 4 is 40.0 Å². The predicted octanol–water partition coefficient (Wildman–Crippen LogP) is 3.71. The van der Waals surface area contributed by atoms with Crippen LogP contribution in [0.5, 0.6) is 0 Å². The smallest absolute Gasteiger partial charge is 0.350 e. The number of nitriles is 1. The first kappa shape index (κ1) is 23.2. The number of aromatic carboxylic acids is 1. The number of rotatable bonds is 7. The number of amides is 1. The highest BCUT2D eigenvalue weighted by molar-refractivity contribution is 7.17. The Bertz CT molecular complexity index is 1140. The van der Waals surface area contributed by atoms with Crippen molar-refractivity contribution in [3.8, 4) is 6.07 Å². The monoisotopic (exact) mass is 443 g/mol. The fourth-order valence-corrected chi connectivity index (χ4v) is 3.10. The Kier molecular flexibility index (Phi) is 7.53. The molecular weight excluding hydrogens is 426 g/mol. The molecular formula is C19H17N5O6S. The van der Waals surface area contributed by atoms with Gasteiger partial charge in [0.25, 0.3) is 5.91 Å². The van der Waals surface area contributed by atoms with Crippen molar-refractivity contribution in [3.63, 3.8) is 0 Å². The number of carboxylic acids is 1. The fourth-order valence-electron chi connectivity index (χ4n) is 2.24. The lowest BCUT2D eigenvalue weighted by Crippen LogP contribution is -2.14. The van der Waals surface area contributed by atoms with Crippen LogP contribution in [0.3, 0.4) is 0 Å². The Balaban J connectivity index is 2.31. The first-order valence-electron chi connectivity index (χ1n) is 8.72. The number of aryl methyl sites for hydroxylation is 1. The number of carbonyl (C=O) groups is 3. The van der Waals surface area contributed by atoms with Gasteiger partial charge in [0.1, 0.15) is 16.3 Å². The number of aromatic nitrogens is 1. The normalized spacial score (nSPS) is 11.5. The maximum absolute atomic E-state index is 12.5. The number of carboxylic acid groups (broad SMARTS) is 1. The van der Waals surface area contributed by atoms with Crippen LogP contribution >= 0.6 is 11.3 Å². The second-order valence-electron chi connectivity index (χ2n) is 5.89. The summed E-state index contributed by atoms with van der Waals surface area (Å²) in [5.41, 5.74) is -0.435. The van der Waals surface area contributed by atoms with E-state index in [-0.39, 0.29) is 33.4 Å². The van der Waals surface area contributed by atoms with Crippen molar-refractivity contribution in [2.75, 3.05) is 11.9 Å². The average molecular weight is 443 g/mol. The number of azo groups is 1. The van der Waals surface area contributed by atoms with Crippen LogP contribution in [0.15, 0.2) is 39.9 Å². The average Bonchev–Trinajstić information content (AvgIpc) is 3.07. The van der Waals surface area contributed by atoms with E-state index in [0.29, 0.717) is 5.69 Å². The molecule has 1 aromatic heterocycles. The third-order valence-corrected chi connectivity index (χ3v) is 4.70. The number of benzene rings is 1. The van der Waals surface area contributed by atoms with Crippen molar-refractivity contribution in [1.29, 1.82) is 5.26 Å². The van der Waals surface area contributed by atoms with Crippen LogP contribution in [-0.4, -0.2) is 39.6 Å². The molecule has 0 unspecified atom stereocenters. The first-order valence-corrected chi connectivity index (χ1v) is 9.54. The molecule has 0 bridgehead atoms. The largest absolute Gasteiger partial charge is 0.510 e. The maximum atomic E-state index is 12.5. The summed E-state index contributed by atoms with van der Waals surface area (Å²) in [4.78, 5) is 40.0. The van der Waals surface area contributed by atoms with Crippen LogP contribution in [0.4, 0.5) is 10.8 Å². The minimum absolute atomic E-state index is 0.0669. The summed E-state index contributed by atoms with van der Waals surface area (Å²) < 4.78 is 4.91. The van der Waals surface area contributed by atoms with Gasteiger partial charge in [-0.25, -0.2) is 14.6 Å². The second kappa shape index (κ2) is 10.1. The molecule has 0 aliphatic rings. The van der Waals surface area contributed by atoms with Gasteiger partial charge in [-0.2, -0.15) is 5.26 Å². The lowest BCUT2D eigenvalue weighted by atomic mass is 10.1. The SMILES string of the molecule is CCOC(=O)c1sc(NC(=O)C(N=Nc2cc(C#N)ccc2C(=O)O)=C(C)O)nc1C. The predicted molar refractivity (Wildman–Crippen MR) is 109 cm³/mol. The molecule has 1 amide bonds. The molecule has 2 rings (SSSR count). The van der Waals surface area contributed by atoms with E-state index in [4.69, 9.17) is 10.00 Å². The Morgan fingerprint density at radius 1 is 1.32 bits per heavy atom. The Morgan fingerprint density at radius 2 is 2.03 bits per heavy atom. The van der Waals surface area contributed by atoms with E-state index >= 15 is 0 Å². The van der Waals surface area contributed by atoms with E-state index in [1.54, 1.807) is 13.8 Å². The Morgan fingerprint density at radius 3 is 2.61 bits per heavy atom. The van der Waals surface area contributed by atoms with E-state index in [2.05, 4.69) is 20.5 Å². The van der Waals surface area contributed by atoms with Gasteiger partial charge in [0.05, 0.1) is 29.5 Å². The molecule has 12 heteroatoms. The van der Waals surface area contributed by atoms with Crippen LogP contribution < -0.4 is 5.32 Å². The zero-order chi connectivity index (χ0) is 23.1. The van der Waals surface area contributed by atoms with E-state index in [0.717, 1.165) is 11.3 Å². The number of ether oxygens (including phenoxy) is 1. The first-order chi connectivity index (χ1) is 14.7. The van der Waals surface area contributed by atoms with Crippen molar-refractivity contribution < 1.29 is 29.3 Å². The Hall–Kier alpha value is -4.11. The standard InChI is InChI=1S/C19H17N5O6S/c1-4-30-18(29)15-9(2)21-19(31-15)22-16(26)14(10(3)25)24-23-13-7-11(8-20)5-6-12(13)17(27)28/h5-7,25H,4H2,1-3H3,(H,27,28)(H,21,22,26). The third kappa shape index (κ3) is 5.71. The number of hydrogen-bond donors (Lipinski definition) is 3. The number of nitrogens with zero attached hydrogens (tertiary/aromatic N) is 4. The Labute approximate surface area is 180 Å². The molecule has 0 radical (unpaired) electrons. The fraction of sp³-hybridized carbons (Fsp3) is 0.211. The van der Waals surface area contributed by atoms with Crippen LogP contribution in [0.1, 0.15) is 45.1 Å². The summed E-state index contributed by atoms with van der Waals surface area (Å²) in [5.74, 6) is -3.26. The van der Waals surface area contributed by atoms with Crippen molar-refractivity contribution in [2.45, 2.75) is 20.8 Å². The van der Waals surface area contributed by atoms with Crippen molar-refractivity contribution in [1.82, 2.24) is 4.98 Å². The number of aliphatic hydroxyl groups excluding tert-OH is 1. The number of aliphatic hydroxyl groups is 1. The van der Waals surface area contributed by atoms with Gasteiger partial charge < -0.3 is 14.9 Å². The molecule has 0 aliphatic heterocycles. The van der Waals surface area contributed by atoms with Gasteiger partial charge in [-0.15, -0.1) is 10.2 Å². The lowest BCUT2D eigenvalue weighted by molar-refractivity contribution is -0.113. The minimum Gasteiger partial charge on any atom is -0.510 e. The zero-order valence-corrected chi connectivity index (χ0v) is 17.5. The molecule has 11 nitrogen and oxygen atoms in total. The second-order valence-corrected chi connectivity index (χ2v) is 6.89. The maximum Gasteiger partial charge on any atom is 0.350 e. The van der Waals surface area contributed by atoms with Gasteiger partial charge in [0.15, 0.2) is 10.8 Å². The van der Waals surface area contributed by atoms with Gasteiger partial charge in [0.2, 0.25) is 0 Å². The van der Waals surface area contributed by atoms with Gasteiger partial charge in [-0.3, -0.25) is 10.1 Å². The molecule has 0 saturated carbocycles. The number of nitrogens with one attached hydrogen (secondary N) is 1. The molecule has 0 spiro atoms. The highest BCUT2D eigenvalue weighted by atomic mass is 32.1. The van der Waals surface area contributed by atoms with Crippen LogP contribution in [-0.2, 0) is 9.53 Å². The van der Waals surface area contributed by atoms with E-state index < -0.39 is 29.3 Å². The number of esters is 1. The summed E-state index contributed by atoms with van der Waals surface area (Å²) in [6.45, 7) is 4.60. The summed E-state index contributed by atoms with van der Waals surface area (Å²) >= 11 is 0.883. The molecule has 31 heavy (non-hydrogen) atoms. The molecule has 0 atom stereocenters. The number of carbonyl (C=O) groups excluding carboxylic acids is 2. The summed E-state index contributed by atoms with van der Waals surface area (Å²) in [6.07, 6.45) is 0. The van der Waals surface area contributed by atoms with Crippen molar-refractivity contribution in [2.24, 2.45) is 10.2 Å². The van der Waals surface area contributed by atoms with Gasteiger partial charge in [-0.05, 0) is 39.0 Å². The minimum atomic E-state index is -1.31. The highest BCUT2D eigenvalue weighted by Gasteiger charge is 2.20. The lowest BCUT2D eigenvalue weighted by Gasteiger charge is -2.04. The zero-order valence-electron chi connectivity index (χ0n) is 16.7. The van der Waals surface area contributed by atoms with Crippen LogP contribution in [0, 0.1) is 18.3 Å². The third-order valence-electron chi connectivity index (χ3n) is 3.65. The number of allylic oxidation sites excluding steroid dienone is 1. The quantitative estimate of drug-likeness (QED) is 0.251. The van der Waals surface area contributed by atoms with E-state index in [1.807, 2.05) is 6.07 Å². The van der Waals surface area contributed by atoms with Crippen LogP contribution in [0.25, 0.3) is 0 Å². The molecule has 0 aliphatic carbocycles. The van der Waals surface area contributed by atoms with E-state index in [9.17, 15) is 24.6 Å². The molecule has 160 valence electrons. The molecule has 1 aromatic carbocycles. The number of hydrogen-bond acceptors (Lipinski definition) is 10. The van der Waals surface area contributed by atoms with Gasteiger partial charge in [-0.1, -0.05) is 11.3 Å². The molecule has 2 aromatic rings. The van der Waals surface area contributed by atoms with Gasteiger partial charge in [0, 0.05) is 0 Å². The van der Waals surface area contributed by atoms with Gasteiger partial charge >= 0.3 is 11.9 Å². The number of thiazole rings is 1. The van der Waals surface area contributed by atoms with Crippen LogP contribution in [0.2, 0.25) is 0 Å². The summed E-state index contributed by atoms with van der Waals surface area (Å²) in [7, 11) is 0. The molecule has 0 saturated heterocycles. The molecule has 1 heterocycles. The summed E-state index contributed by atoms with van der Waals surface area (Å²) in [5, 5.41) is 37.9. The number of anilines is 1. The molecule has 0 fully saturated rings. The van der Waals surface area contributed by atoms with E-state index in [1.165, 1.54) is 25.1 Å². The van der Waals surface area contributed by atoms with Crippen molar-refractivity contribution in [3.05, 3.63) is 51.4 Å². The topological polar surface area (TPSA) is 174 Å². The summed E-state index contributed by atoms with van der Waals surface area (Å²) in [6, 6.07) is 5.51. The molecule has 3 N–H and O–H groups in total.